The molecule has 0 amide bonds. The molecule has 0 bridgehead atoms. The van der Waals surface area contributed by atoms with Gasteiger partial charge in [0, 0.05) is 6.07 Å². The normalized spacial score (nSPS) is 18.1. The lowest BCUT2D eigenvalue weighted by Crippen LogP contribution is -2.37. The Morgan fingerprint density at radius 3 is 2.40 bits per heavy atom. The fourth-order valence-electron chi connectivity index (χ4n) is 3.22. The zero-order valence-corrected chi connectivity index (χ0v) is 11.6. The molecular formula is C16H18N2O2. The Hall–Kier alpha value is -1.94. The van der Waals surface area contributed by atoms with E-state index in [0.29, 0.717) is 0 Å². The highest BCUT2D eigenvalue weighted by molar-refractivity contribution is 5.94. The second kappa shape index (κ2) is 4.87. The summed E-state index contributed by atoms with van der Waals surface area (Å²) in [7, 11) is 0. The Labute approximate surface area is 117 Å². The molecule has 2 aromatic rings. The van der Waals surface area contributed by atoms with Crippen molar-refractivity contribution in [2.45, 2.75) is 25.2 Å². The van der Waals surface area contributed by atoms with Gasteiger partial charge in [-0.25, -0.2) is 0 Å². The number of non-ortho nitro benzene ring substituents is 1. The van der Waals surface area contributed by atoms with Crippen LogP contribution in [0, 0.1) is 10.1 Å². The highest BCUT2D eigenvalue weighted by Crippen LogP contribution is 2.39. The lowest BCUT2D eigenvalue weighted by Gasteiger charge is -2.35. The van der Waals surface area contributed by atoms with Gasteiger partial charge in [-0.1, -0.05) is 31.2 Å². The van der Waals surface area contributed by atoms with Crippen LogP contribution >= 0.6 is 0 Å². The Bertz CT molecular complexity index is 661. The molecule has 2 aromatic carbocycles. The second-order valence-electron chi connectivity index (χ2n) is 5.75. The zero-order valence-electron chi connectivity index (χ0n) is 11.6. The molecule has 1 aliphatic heterocycles. The summed E-state index contributed by atoms with van der Waals surface area (Å²) < 4.78 is 0. The van der Waals surface area contributed by atoms with Gasteiger partial charge in [0.1, 0.15) is 0 Å². The third-order valence-electron chi connectivity index (χ3n) is 4.46. The predicted molar refractivity (Wildman–Crippen MR) is 80.1 cm³/mol. The van der Waals surface area contributed by atoms with E-state index in [9.17, 15) is 10.1 Å². The number of piperidine rings is 1. The maximum Gasteiger partial charge on any atom is 0.277 e. The highest BCUT2D eigenvalue weighted by Gasteiger charge is 2.31. The van der Waals surface area contributed by atoms with Crippen molar-refractivity contribution >= 4 is 16.5 Å². The molecule has 104 valence electrons. The fourth-order valence-corrected chi connectivity index (χ4v) is 3.22. The van der Waals surface area contributed by atoms with Crippen LogP contribution < -0.4 is 5.32 Å². The van der Waals surface area contributed by atoms with Crippen molar-refractivity contribution in [3.63, 3.8) is 0 Å². The van der Waals surface area contributed by atoms with E-state index in [-0.39, 0.29) is 16.0 Å². The summed E-state index contributed by atoms with van der Waals surface area (Å²) in [5, 5.41) is 16.3. The third-order valence-corrected chi connectivity index (χ3v) is 4.46. The van der Waals surface area contributed by atoms with Gasteiger partial charge >= 0.3 is 0 Å². The molecule has 4 nitrogen and oxygen atoms in total. The average molecular weight is 270 g/mol. The molecule has 0 aromatic heterocycles. The van der Waals surface area contributed by atoms with Gasteiger partial charge in [-0.3, -0.25) is 10.1 Å². The minimum atomic E-state index is -0.295. The van der Waals surface area contributed by atoms with E-state index >= 15 is 0 Å². The van der Waals surface area contributed by atoms with E-state index in [2.05, 4.69) is 12.2 Å². The van der Waals surface area contributed by atoms with Gasteiger partial charge in [0.25, 0.3) is 5.69 Å². The van der Waals surface area contributed by atoms with Crippen molar-refractivity contribution in [1.82, 2.24) is 5.32 Å². The van der Waals surface area contributed by atoms with Crippen LogP contribution in [0.4, 0.5) is 5.69 Å². The lowest BCUT2D eigenvalue weighted by atomic mass is 9.73. The first-order valence-electron chi connectivity index (χ1n) is 6.99. The molecule has 3 rings (SSSR count). The van der Waals surface area contributed by atoms with Gasteiger partial charge in [-0.05, 0) is 48.4 Å². The van der Waals surface area contributed by atoms with E-state index in [1.807, 2.05) is 30.3 Å². The molecule has 0 unspecified atom stereocenters. The number of nitro benzene ring substituents is 1. The van der Waals surface area contributed by atoms with Crippen LogP contribution in [0.5, 0.6) is 0 Å². The largest absolute Gasteiger partial charge is 0.317 e. The summed E-state index contributed by atoms with van der Waals surface area (Å²) >= 11 is 0. The van der Waals surface area contributed by atoms with Gasteiger partial charge in [-0.2, -0.15) is 0 Å². The predicted octanol–water partition coefficient (Wildman–Crippen LogP) is 3.39. The number of nitro groups is 1. The molecular weight excluding hydrogens is 252 g/mol. The molecule has 0 aliphatic carbocycles. The smallest absolute Gasteiger partial charge is 0.277 e. The molecule has 1 fully saturated rings. The molecule has 20 heavy (non-hydrogen) atoms. The average Bonchev–Trinajstić information content (AvgIpc) is 2.46. The van der Waals surface area contributed by atoms with Gasteiger partial charge < -0.3 is 5.32 Å². The molecule has 1 heterocycles. The first-order chi connectivity index (χ1) is 9.62. The van der Waals surface area contributed by atoms with Gasteiger partial charge in [0.2, 0.25) is 0 Å². The molecule has 0 radical (unpaired) electrons. The lowest BCUT2D eigenvalue weighted by molar-refractivity contribution is -0.383. The molecule has 1 N–H and O–H groups in total. The van der Waals surface area contributed by atoms with Crippen molar-refractivity contribution in [3.05, 3.63) is 52.1 Å². The zero-order chi connectivity index (χ0) is 14.2. The van der Waals surface area contributed by atoms with E-state index in [1.54, 1.807) is 6.07 Å². The summed E-state index contributed by atoms with van der Waals surface area (Å²) in [5.74, 6) is 0. The summed E-state index contributed by atoms with van der Waals surface area (Å²) in [4.78, 5) is 10.9. The topological polar surface area (TPSA) is 55.2 Å². The Kier molecular flexibility index (Phi) is 3.18. The highest BCUT2D eigenvalue weighted by atomic mass is 16.6. The van der Waals surface area contributed by atoms with E-state index in [4.69, 9.17) is 0 Å². The Balaban J connectivity index is 2.22. The maximum absolute atomic E-state index is 11.2. The number of nitrogens with zero attached hydrogens (tertiary/aromatic N) is 1. The Morgan fingerprint density at radius 1 is 1.10 bits per heavy atom. The van der Waals surface area contributed by atoms with Crippen molar-refractivity contribution in [1.29, 1.82) is 0 Å². The van der Waals surface area contributed by atoms with Gasteiger partial charge in [0.15, 0.2) is 0 Å². The first-order valence-corrected chi connectivity index (χ1v) is 6.99. The number of fused-ring (bicyclic) bond motifs is 1. The van der Waals surface area contributed by atoms with Crippen molar-refractivity contribution in [3.8, 4) is 0 Å². The SMILES string of the molecule is CC1(c2ccc([N+](=O)[O-])c3ccccc23)CCNCC1. The molecule has 0 atom stereocenters. The van der Waals surface area contributed by atoms with Crippen molar-refractivity contribution in [2.24, 2.45) is 0 Å². The van der Waals surface area contributed by atoms with Crippen molar-refractivity contribution in [2.75, 3.05) is 13.1 Å². The van der Waals surface area contributed by atoms with Crippen LogP contribution in [-0.4, -0.2) is 18.0 Å². The van der Waals surface area contributed by atoms with Crippen LogP contribution in [0.1, 0.15) is 25.3 Å². The molecule has 0 spiro atoms. The van der Waals surface area contributed by atoms with E-state index in [0.717, 1.165) is 36.7 Å². The summed E-state index contributed by atoms with van der Waals surface area (Å²) in [6, 6.07) is 11.3. The molecule has 0 saturated carbocycles. The Morgan fingerprint density at radius 2 is 1.75 bits per heavy atom. The van der Waals surface area contributed by atoms with Crippen LogP contribution in [0.25, 0.3) is 10.8 Å². The fraction of sp³-hybridized carbons (Fsp3) is 0.375. The molecule has 1 saturated heterocycles. The molecule has 4 heteroatoms. The van der Waals surface area contributed by atoms with Crippen LogP contribution in [0.15, 0.2) is 36.4 Å². The van der Waals surface area contributed by atoms with E-state index < -0.39 is 0 Å². The standard InChI is InChI=1S/C16H18N2O2/c1-16(8-10-17-11-9-16)14-6-7-15(18(19)20)13-5-3-2-4-12(13)14/h2-7,17H,8-11H2,1H3. The maximum atomic E-state index is 11.2. The van der Waals surface area contributed by atoms with Gasteiger partial charge in [-0.15, -0.1) is 0 Å². The second-order valence-corrected chi connectivity index (χ2v) is 5.75. The van der Waals surface area contributed by atoms with Crippen LogP contribution in [0.2, 0.25) is 0 Å². The summed E-state index contributed by atoms with van der Waals surface area (Å²) in [5.41, 5.74) is 1.53. The minimum Gasteiger partial charge on any atom is -0.317 e. The number of rotatable bonds is 2. The number of benzene rings is 2. The minimum absolute atomic E-state index is 0.0972. The summed E-state index contributed by atoms with van der Waals surface area (Å²) in [6.07, 6.45) is 2.13. The van der Waals surface area contributed by atoms with Gasteiger partial charge in [0.05, 0.1) is 10.3 Å². The summed E-state index contributed by atoms with van der Waals surface area (Å²) in [6.45, 7) is 4.27. The quantitative estimate of drug-likeness (QED) is 0.672. The first kappa shape index (κ1) is 13.1. The van der Waals surface area contributed by atoms with Crippen LogP contribution in [0.3, 0.4) is 0 Å². The van der Waals surface area contributed by atoms with Crippen LogP contribution in [-0.2, 0) is 5.41 Å². The molecule has 1 aliphatic rings. The number of hydrogen-bond donors (Lipinski definition) is 1. The monoisotopic (exact) mass is 270 g/mol. The number of hydrogen-bond acceptors (Lipinski definition) is 3. The van der Waals surface area contributed by atoms with Crippen molar-refractivity contribution < 1.29 is 4.92 Å². The number of nitrogens with one attached hydrogen (secondary N) is 1. The van der Waals surface area contributed by atoms with E-state index in [1.165, 1.54) is 5.56 Å². The third kappa shape index (κ3) is 2.06.